The molecule has 0 aliphatic rings. The van der Waals surface area contributed by atoms with Crippen LogP contribution in [0.5, 0.6) is 0 Å². The van der Waals surface area contributed by atoms with E-state index in [0.29, 0.717) is 11.3 Å². The van der Waals surface area contributed by atoms with E-state index in [1.54, 1.807) is 0 Å². The van der Waals surface area contributed by atoms with Crippen LogP contribution in [0.4, 0.5) is 0 Å². The lowest BCUT2D eigenvalue weighted by Crippen LogP contribution is -1.98. The third-order valence-electron chi connectivity index (χ3n) is 3.28. The maximum atomic E-state index is 12.3. The van der Waals surface area contributed by atoms with Gasteiger partial charge >= 0.3 is 0 Å². The molecule has 3 aromatic rings. The van der Waals surface area contributed by atoms with Crippen LogP contribution in [0.25, 0.3) is 11.0 Å². The van der Waals surface area contributed by atoms with Crippen molar-refractivity contribution in [3.8, 4) is 0 Å². The van der Waals surface area contributed by atoms with Crippen LogP contribution in [-0.4, -0.2) is 5.78 Å². The van der Waals surface area contributed by atoms with E-state index in [1.807, 2.05) is 62.4 Å². The molecular weight excluding hydrogens is 236 g/mol. The highest BCUT2D eigenvalue weighted by atomic mass is 16.3. The number of hydrogen-bond donors (Lipinski definition) is 0. The molecule has 0 amide bonds. The first-order valence-electron chi connectivity index (χ1n) is 6.26. The van der Waals surface area contributed by atoms with Gasteiger partial charge in [-0.3, -0.25) is 4.79 Å². The molecule has 2 heteroatoms. The number of fused-ring (bicyclic) bond motifs is 1. The largest absolute Gasteiger partial charge is 0.452 e. The monoisotopic (exact) mass is 250 g/mol. The van der Waals surface area contributed by atoms with Gasteiger partial charge in [0.25, 0.3) is 0 Å². The first-order chi connectivity index (χ1) is 9.15. The van der Waals surface area contributed by atoms with Crippen LogP contribution in [0.15, 0.2) is 52.9 Å². The quantitative estimate of drug-likeness (QED) is 0.635. The lowest BCUT2D eigenvalue weighted by Gasteiger charge is -1.98. The summed E-state index contributed by atoms with van der Waals surface area (Å²) in [5, 5.41) is 0.968. The Bertz CT molecular complexity index is 749. The van der Waals surface area contributed by atoms with E-state index in [1.165, 1.54) is 0 Å². The van der Waals surface area contributed by atoms with Crippen LogP contribution in [0.1, 0.15) is 27.2 Å². The molecule has 0 bridgehead atoms. The number of rotatable bonds is 2. The van der Waals surface area contributed by atoms with Crippen molar-refractivity contribution < 1.29 is 9.21 Å². The fourth-order valence-corrected chi connectivity index (χ4v) is 2.17. The van der Waals surface area contributed by atoms with Crippen molar-refractivity contribution in [1.82, 2.24) is 0 Å². The summed E-state index contributed by atoms with van der Waals surface area (Å²) >= 11 is 0. The minimum absolute atomic E-state index is 0.0735. The molecule has 0 spiro atoms. The van der Waals surface area contributed by atoms with E-state index in [-0.39, 0.29) is 5.78 Å². The van der Waals surface area contributed by atoms with Crippen molar-refractivity contribution in [2.24, 2.45) is 0 Å². The van der Waals surface area contributed by atoms with E-state index in [4.69, 9.17) is 4.42 Å². The third kappa shape index (κ3) is 2.06. The van der Waals surface area contributed by atoms with E-state index < -0.39 is 0 Å². The molecule has 0 radical (unpaired) electrons. The summed E-state index contributed by atoms with van der Waals surface area (Å²) in [4.78, 5) is 12.3. The minimum Gasteiger partial charge on any atom is -0.452 e. The molecule has 0 N–H and O–H groups in total. The lowest BCUT2D eigenvalue weighted by atomic mass is 10.1. The summed E-state index contributed by atoms with van der Waals surface area (Å²) in [6.07, 6.45) is 0. The molecule has 2 aromatic carbocycles. The van der Waals surface area contributed by atoms with Crippen LogP contribution in [0, 0.1) is 13.8 Å². The highest BCUT2D eigenvalue weighted by Gasteiger charge is 2.15. The van der Waals surface area contributed by atoms with Crippen molar-refractivity contribution in [1.29, 1.82) is 0 Å². The lowest BCUT2D eigenvalue weighted by molar-refractivity contribution is 0.101. The van der Waals surface area contributed by atoms with Gasteiger partial charge in [-0.2, -0.15) is 0 Å². The first kappa shape index (κ1) is 11.7. The molecule has 94 valence electrons. The fourth-order valence-electron chi connectivity index (χ4n) is 2.17. The molecule has 3 rings (SSSR count). The van der Waals surface area contributed by atoms with Gasteiger partial charge in [0, 0.05) is 10.9 Å². The van der Waals surface area contributed by atoms with Gasteiger partial charge in [0.2, 0.25) is 5.78 Å². The standard InChI is InChI=1S/C17H14O2/c1-11-6-8-13(9-7-11)16(18)15-10-14-5-3-4-12(2)17(14)19-15/h3-10H,1-2H3. The molecular formula is C17H14O2. The van der Waals surface area contributed by atoms with Crippen LogP contribution >= 0.6 is 0 Å². The smallest absolute Gasteiger partial charge is 0.228 e. The van der Waals surface area contributed by atoms with Gasteiger partial charge in [0.05, 0.1) is 0 Å². The van der Waals surface area contributed by atoms with Gasteiger partial charge in [-0.05, 0) is 25.5 Å². The maximum Gasteiger partial charge on any atom is 0.228 e. The Morgan fingerprint density at radius 1 is 1.00 bits per heavy atom. The molecule has 19 heavy (non-hydrogen) atoms. The highest BCUT2D eigenvalue weighted by molar-refractivity contribution is 6.09. The summed E-state index contributed by atoms with van der Waals surface area (Å²) in [6, 6.07) is 15.2. The first-order valence-corrected chi connectivity index (χ1v) is 6.26. The second kappa shape index (κ2) is 4.39. The predicted octanol–water partition coefficient (Wildman–Crippen LogP) is 4.28. The zero-order valence-electron chi connectivity index (χ0n) is 10.9. The van der Waals surface area contributed by atoms with Crippen molar-refractivity contribution in [3.63, 3.8) is 0 Å². The van der Waals surface area contributed by atoms with Crippen LogP contribution < -0.4 is 0 Å². The number of ketones is 1. The molecule has 1 heterocycles. The van der Waals surface area contributed by atoms with E-state index in [0.717, 1.165) is 22.1 Å². The number of carbonyl (C=O) groups is 1. The summed E-state index contributed by atoms with van der Waals surface area (Å²) in [5.74, 6) is 0.323. The van der Waals surface area contributed by atoms with Crippen LogP contribution in [0.2, 0.25) is 0 Å². The van der Waals surface area contributed by atoms with E-state index in [2.05, 4.69) is 0 Å². The summed E-state index contributed by atoms with van der Waals surface area (Å²) in [6.45, 7) is 3.98. The Hall–Kier alpha value is -2.35. The van der Waals surface area contributed by atoms with Gasteiger partial charge < -0.3 is 4.42 Å². The molecule has 0 aliphatic heterocycles. The van der Waals surface area contributed by atoms with Crippen LogP contribution in [-0.2, 0) is 0 Å². The highest BCUT2D eigenvalue weighted by Crippen LogP contribution is 2.24. The predicted molar refractivity (Wildman–Crippen MR) is 75.6 cm³/mol. The van der Waals surface area contributed by atoms with Crippen molar-refractivity contribution in [2.75, 3.05) is 0 Å². The number of aryl methyl sites for hydroxylation is 2. The normalized spacial score (nSPS) is 10.8. The number of para-hydroxylation sites is 1. The maximum absolute atomic E-state index is 12.3. The second-order valence-corrected chi connectivity index (χ2v) is 4.80. The summed E-state index contributed by atoms with van der Waals surface area (Å²) < 4.78 is 5.70. The molecule has 1 aromatic heterocycles. The van der Waals surface area contributed by atoms with E-state index >= 15 is 0 Å². The molecule has 2 nitrogen and oxygen atoms in total. The van der Waals surface area contributed by atoms with E-state index in [9.17, 15) is 4.79 Å². The number of benzene rings is 2. The van der Waals surface area contributed by atoms with Crippen molar-refractivity contribution in [2.45, 2.75) is 13.8 Å². The summed E-state index contributed by atoms with van der Waals surface area (Å²) in [5.41, 5.74) is 3.62. The molecule has 0 saturated carbocycles. The molecule has 0 atom stereocenters. The number of hydrogen-bond acceptors (Lipinski definition) is 2. The zero-order valence-corrected chi connectivity index (χ0v) is 10.9. The van der Waals surface area contributed by atoms with Crippen LogP contribution in [0.3, 0.4) is 0 Å². The molecule has 0 fully saturated rings. The molecule has 0 unspecified atom stereocenters. The fraction of sp³-hybridized carbons (Fsp3) is 0.118. The average molecular weight is 250 g/mol. The Morgan fingerprint density at radius 2 is 1.74 bits per heavy atom. The van der Waals surface area contributed by atoms with Gasteiger partial charge in [0.1, 0.15) is 5.58 Å². The third-order valence-corrected chi connectivity index (χ3v) is 3.28. The van der Waals surface area contributed by atoms with Gasteiger partial charge in [-0.25, -0.2) is 0 Å². The molecule has 0 saturated heterocycles. The SMILES string of the molecule is Cc1ccc(C(=O)c2cc3cccc(C)c3o2)cc1. The van der Waals surface area contributed by atoms with Gasteiger partial charge in [0.15, 0.2) is 5.76 Å². The van der Waals surface area contributed by atoms with Gasteiger partial charge in [-0.1, -0.05) is 48.0 Å². The van der Waals surface area contributed by atoms with Crippen molar-refractivity contribution >= 4 is 16.8 Å². The van der Waals surface area contributed by atoms with Crippen molar-refractivity contribution in [3.05, 3.63) is 71.0 Å². The summed E-state index contributed by atoms with van der Waals surface area (Å²) in [7, 11) is 0. The second-order valence-electron chi connectivity index (χ2n) is 4.80. The average Bonchev–Trinajstić information content (AvgIpc) is 2.84. The zero-order chi connectivity index (χ0) is 13.4. The molecule has 0 aliphatic carbocycles. The number of furan rings is 1. The minimum atomic E-state index is -0.0735. The van der Waals surface area contributed by atoms with Gasteiger partial charge in [-0.15, -0.1) is 0 Å². The topological polar surface area (TPSA) is 30.2 Å². The Labute approximate surface area is 111 Å². The number of carbonyl (C=O) groups excluding carboxylic acids is 1. The Morgan fingerprint density at radius 3 is 2.42 bits per heavy atom. The Balaban J connectivity index is 2.06. The Kier molecular flexibility index (Phi) is 2.71.